The molecule has 0 amide bonds. The second-order valence-corrected chi connectivity index (χ2v) is 4.46. The molecule has 1 saturated heterocycles. The maximum Gasteiger partial charge on any atom is 0.453 e. The van der Waals surface area contributed by atoms with E-state index in [0.717, 1.165) is 4.52 Å². The number of fused-ring (bicyclic) bond motifs is 1. The summed E-state index contributed by atoms with van der Waals surface area (Å²) in [6.07, 6.45) is -5.07. The van der Waals surface area contributed by atoms with E-state index in [0.29, 0.717) is 24.6 Å². The highest BCUT2D eigenvalue weighted by atomic mass is 19.4. The minimum Gasteiger partial charge on any atom is -0.389 e. The van der Waals surface area contributed by atoms with Crippen molar-refractivity contribution in [3.8, 4) is 0 Å². The van der Waals surface area contributed by atoms with E-state index >= 15 is 0 Å². The van der Waals surface area contributed by atoms with Crippen molar-refractivity contribution in [1.82, 2.24) is 19.6 Å². The SMILES string of the molecule is Cc1cc(N2CC(O)C2)n2nc(C(F)(F)F)nc2n1. The van der Waals surface area contributed by atoms with Gasteiger partial charge in [0.15, 0.2) is 0 Å². The lowest BCUT2D eigenvalue weighted by molar-refractivity contribution is -0.144. The van der Waals surface area contributed by atoms with Crippen molar-refractivity contribution >= 4 is 11.6 Å². The molecule has 2 aromatic rings. The van der Waals surface area contributed by atoms with E-state index in [1.54, 1.807) is 17.9 Å². The fourth-order valence-electron chi connectivity index (χ4n) is 1.96. The summed E-state index contributed by atoms with van der Waals surface area (Å²) in [6.45, 7) is 2.39. The van der Waals surface area contributed by atoms with Crippen molar-refractivity contribution in [2.75, 3.05) is 18.0 Å². The summed E-state index contributed by atoms with van der Waals surface area (Å²) >= 11 is 0. The number of aliphatic hydroxyl groups is 1. The maximum absolute atomic E-state index is 12.6. The molecule has 0 atom stereocenters. The molecule has 1 fully saturated rings. The van der Waals surface area contributed by atoms with E-state index in [9.17, 15) is 18.3 Å². The number of alkyl halides is 3. The van der Waals surface area contributed by atoms with Crippen LogP contribution in [0.25, 0.3) is 5.78 Å². The van der Waals surface area contributed by atoms with Gasteiger partial charge in [0.2, 0.25) is 0 Å². The third kappa shape index (κ3) is 1.99. The Kier molecular flexibility index (Phi) is 2.43. The molecule has 1 aliphatic rings. The number of hydrogen-bond acceptors (Lipinski definition) is 5. The lowest BCUT2D eigenvalue weighted by atomic mass is 10.2. The Morgan fingerprint density at radius 3 is 2.58 bits per heavy atom. The highest BCUT2D eigenvalue weighted by molar-refractivity contribution is 5.49. The van der Waals surface area contributed by atoms with Crippen LogP contribution < -0.4 is 4.90 Å². The molecule has 0 aliphatic carbocycles. The molecule has 0 aromatic carbocycles. The number of aromatic nitrogens is 4. The Morgan fingerprint density at radius 2 is 2.00 bits per heavy atom. The van der Waals surface area contributed by atoms with E-state index in [1.807, 2.05) is 0 Å². The van der Waals surface area contributed by atoms with Crippen LogP contribution in [-0.2, 0) is 6.18 Å². The predicted octanol–water partition coefficient (Wildman–Crippen LogP) is 0.632. The van der Waals surface area contributed by atoms with Crippen LogP contribution in [0.15, 0.2) is 6.07 Å². The monoisotopic (exact) mass is 273 g/mol. The van der Waals surface area contributed by atoms with Gasteiger partial charge in [-0.15, -0.1) is 5.10 Å². The second kappa shape index (κ2) is 3.80. The third-order valence-electron chi connectivity index (χ3n) is 2.86. The van der Waals surface area contributed by atoms with Gasteiger partial charge in [-0.25, -0.2) is 4.98 Å². The van der Waals surface area contributed by atoms with E-state index in [4.69, 9.17) is 0 Å². The Balaban J connectivity index is 2.13. The molecular formula is C10H10F3N5O. The standard InChI is InChI=1S/C10H10F3N5O/c1-5-2-7(17-3-6(19)4-17)18-9(14-5)15-8(16-18)10(11,12)13/h2,6,19H,3-4H2,1H3. The zero-order valence-corrected chi connectivity index (χ0v) is 9.89. The summed E-state index contributed by atoms with van der Waals surface area (Å²) in [4.78, 5) is 9.05. The third-order valence-corrected chi connectivity index (χ3v) is 2.86. The summed E-state index contributed by atoms with van der Waals surface area (Å²) in [5, 5.41) is 12.7. The predicted molar refractivity (Wildman–Crippen MR) is 58.7 cm³/mol. The highest BCUT2D eigenvalue weighted by Crippen LogP contribution is 2.28. The average molecular weight is 273 g/mol. The van der Waals surface area contributed by atoms with Crippen LogP contribution in [0.4, 0.5) is 19.0 Å². The topological polar surface area (TPSA) is 66.5 Å². The number of nitrogens with zero attached hydrogens (tertiary/aromatic N) is 5. The molecule has 0 bridgehead atoms. The molecule has 9 heteroatoms. The molecule has 3 heterocycles. The van der Waals surface area contributed by atoms with Crippen LogP contribution >= 0.6 is 0 Å². The minimum atomic E-state index is -4.60. The number of halogens is 3. The first-order valence-corrected chi connectivity index (χ1v) is 5.59. The molecular weight excluding hydrogens is 263 g/mol. The maximum atomic E-state index is 12.6. The van der Waals surface area contributed by atoms with Crippen molar-refractivity contribution in [2.45, 2.75) is 19.2 Å². The molecule has 102 valence electrons. The van der Waals surface area contributed by atoms with Crippen LogP contribution in [0.2, 0.25) is 0 Å². The van der Waals surface area contributed by atoms with E-state index < -0.39 is 18.1 Å². The Morgan fingerprint density at radius 1 is 1.32 bits per heavy atom. The van der Waals surface area contributed by atoms with Crippen LogP contribution in [0.1, 0.15) is 11.5 Å². The van der Waals surface area contributed by atoms with Gasteiger partial charge in [0.05, 0.1) is 6.10 Å². The summed E-state index contributed by atoms with van der Waals surface area (Å²) in [6, 6.07) is 1.62. The molecule has 2 aromatic heterocycles. The summed E-state index contributed by atoms with van der Waals surface area (Å²) in [5.74, 6) is -0.854. The van der Waals surface area contributed by atoms with Gasteiger partial charge in [0, 0.05) is 24.8 Å². The molecule has 19 heavy (non-hydrogen) atoms. The van der Waals surface area contributed by atoms with E-state index in [-0.39, 0.29) is 5.78 Å². The number of rotatable bonds is 1. The number of aliphatic hydroxyl groups excluding tert-OH is 1. The Bertz CT molecular complexity index is 632. The van der Waals surface area contributed by atoms with Crippen LogP contribution in [0.5, 0.6) is 0 Å². The van der Waals surface area contributed by atoms with Gasteiger partial charge in [-0.2, -0.15) is 22.7 Å². The lowest BCUT2D eigenvalue weighted by Crippen LogP contribution is -2.51. The fraction of sp³-hybridized carbons (Fsp3) is 0.500. The number of anilines is 1. The van der Waals surface area contributed by atoms with Crippen molar-refractivity contribution in [3.05, 3.63) is 17.6 Å². The van der Waals surface area contributed by atoms with Gasteiger partial charge in [-0.3, -0.25) is 0 Å². The smallest absolute Gasteiger partial charge is 0.389 e. The molecule has 3 rings (SSSR count). The second-order valence-electron chi connectivity index (χ2n) is 4.46. The first-order valence-electron chi connectivity index (χ1n) is 5.59. The molecule has 0 radical (unpaired) electrons. The van der Waals surface area contributed by atoms with Crippen LogP contribution in [-0.4, -0.2) is 43.9 Å². The summed E-state index contributed by atoms with van der Waals surface area (Å²) in [7, 11) is 0. The zero-order chi connectivity index (χ0) is 13.8. The minimum absolute atomic E-state index is 0.0938. The fourth-order valence-corrected chi connectivity index (χ4v) is 1.96. The van der Waals surface area contributed by atoms with Crippen molar-refractivity contribution in [1.29, 1.82) is 0 Å². The largest absolute Gasteiger partial charge is 0.453 e. The quantitative estimate of drug-likeness (QED) is 0.825. The van der Waals surface area contributed by atoms with Crippen molar-refractivity contribution < 1.29 is 18.3 Å². The van der Waals surface area contributed by atoms with Crippen LogP contribution in [0, 0.1) is 6.92 Å². The molecule has 0 unspecified atom stereocenters. The van der Waals surface area contributed by atoms with E-state index in [1.165, 1.54) is 0 Å². The van der Waals surface area contributed by atoms with Gasteiger partial charge >= 0.3 is 6.18 Å². The van der Waals surface area contributed by atoms with Gasteiger partial charge in [0.1, 0.15) is 5.82 Å². The Hall–Kier alpha value is -1.90. The normalized spacial score (nSPS) is 17.0. The molecule has 0 spiro atoms. The zero-order valence-electron chi connectivity index (χ0n) is 9.89. The first-order chi connectivity index (χ1) is 8.84. The number of β-amino-alcohol motifs (C(OH)–C–C–N with tert-alkyl or cyclic N) is 1. The van der Waals surface area contributed by atoms with E-state index in [2.05, 4.69) is 15.1 Å². The van der Waals surface area contributed by atoms with Crippen molar-refractivity contribution in [2.24, 2.45) is 0 Å². The summed E-state index contributed by atoms with van der Waals surface area (Å²) < 4.78 is 38.9. The molecule has 1 N–H and O–H groups in total. The van der Waals surface area contributed by atoms with Gasteiger partial charge in [-0.05, 0) is 6.92 Å². The van der Waals surface area contributed by atoms with Gasteiger partial charge in [0.25, 0.3) is 11.6 Å². The van der Waals surface area contributed by atoms with Crippen LogP contribution in [0.3, 0.4) is 0 Å². The number of aryl methyl sites for hydroxylation is 1. The lowest BCUT2D eigenvalue weighted by Gasteiger charge is -2.37. The summed E-state index contributed by atoms with van der Waals surface area (Å²) in [5.41, 5.74) is 0.546. The molecule has 1 aliphatic heterocycles. The first kappa shape index (κ1) is 12.2. The number of hydrogen-bond donors (Lipinski definition) is 1. The van der Waals surface area contributed by atoms with Crippen molar-refractivity contribution in [3.63, 3.8) is 0 Å². The average Bonchev–Trinajstić information content (AvgIpc) is 2.67. The molecule has 0 saturated carbocycles. The molecule has 6 nitrogen and oxygen atoms in total. The van der Waals surface area contributed by atoms with Gasteiger partial charge in [-0.1, -0.05) is 0 Å². The van der Waals surface area contributed by atoms with Gasteiger partial charge < -0.3 is 10.0 Å². The Labute approximate surface area is 105 Å². The highest BCUT2D eigenvalue weighted by Gasteiger charge is 2.37.